The molecule has 132 valence electrons. The van der Waals surface area contributed by atoms with E-state index < -0.39 is 22.7 Å². The van der Waals surface area contributed by atoms with E-state index >= 15 is 0 Å². The van der Waals surface area contributed by atoms with Crippen molar-refractivity contribution >= 4 is 34.8 Å². The van der Waals surface area contributed by atoms with Crippen molar-refractivity contribution in [1.82, 2.24) is 9.97 Å². The summed E-state index contributed by atoms with van der Waals surface area (Å²) < 4.78 is 51.9. The van der Waals surface area contributed by atoms with Crippen LogP contribution in [0.15, 0.2) is 24.4 Å². The maximum absolute atomic E-state index is 14.0. The maximum atomic E-state index is 14.0. The quantitative estimate of drug-likeness (QED) is 0.647. The van der Waals surface area contributed by atoms with Crippen LogP contribution in [-0.2, 0) is 11.0 Å². The summed E-state index contributed by atoms with van der Waals surface area (Å²) in [5.41, 5.74) is -0.750. The van der Waals surface area contributed by atoms with Gasteiger partial charge < -0.3 is 10.2 Å². The lowest BCUT2D eigenvalue weighted by Crippen LogP contribution is -2.24. The lowest BCUT2D eigenvalue weighted by Gasteiger charge is -2.18. The molecule has 1 saturated heterocycles. The zero-order valence-electron chi connectivity index (χ0n) is 12.6. The normalized spacial score (nSPS) is 14.9. The van der Waals surface area contributed by atoms with Crippen LogP contribution in [-0.4, -0.2) is 22.4 Å². The van der Waals surface area contributed by atoms with Crippen LogP contribution in [0.5, 0.6) is 0 Å². The van der Waals surface area contributed by atoms with Crippen molar-refractivity contribution < 1.29 is 22.4 Å². The Morgan fingerprint density at radius 1 is 1.28 bits per heavy atom. The smallest absolute Gasteiger partial charge is 0.324 e. The van der Waals surface area contributed by atoms with Crippen molar-refractivity contribution in [3.05, 3.63) is 40.9 Å². The predicted octanol–water partition coefficient (Wildman–Crippen LogP) is 4.16. The van der Waals surface area contributed by atoms with E-state index in [2.05, 4.69) is 15.3 Å². The topological polar surface area (TPSA) is 58.1 Å². The number of hydrogen-bond acceptors (Lipinski definition) is 4. The number of anilines is 3. The number of benzene rings is 1. The van der Waals surface area contributed by atoms with Crippen molar-refractivity contribution in [3.8, 4) is 0 Å². The molecule has 10 heteroatoms. The van der Waals surface area contributed by atoms with E-state index in [0.717, 1.165) is 6.07 Å². The first-order chi connectivity index (χ1) is 11.8. The highest BCUT2D eigenvalue weighted by Crippen LogP contribution is 2.34. The average Bonchev–Trinajstić information content (AvgIpc) is 2.94. The number of nitrogens with one attached hydrogen (secondary N) is 1. The fourth-order valence-electron chi connectivity index (χ4n) is 2.44. The first-order valence-corrected chi connectivity index (χ1v) is 7.60. The van der Waals surface area contributed by atoms with Crippen molar-refractivity contribution in [2.45, 2.75) is 19.0 Å². The third-order valence-electron chi connectivity index (χ3n) is 3.61. The minimum atomic E-state index is -4.66. The molecule has 2 aromatic rings. The Labute approximate surface area is 144 Å². The van der Waals surface area contributed by atoms with Gasteiger partial charge in [-0.05, 0) is 24.6 Å². The molecule has 0 saturated carbocycles. The molecule has 1 amide bonds. The molecule has 5 nitrogen and oxygen atoms in total. The molecule has 1 aromatic carbocycles. The Hall–Kier alpha value is -2.42. The van der Waals surface area contributed by atoms with Gasteiger partial charge in [-0.3, -0.25) is 4.79 Å². The summed E-state index contributed by atoms with van der Waals surface area (Å²) in [6.45, 7) is 0.405. The van der Waals surface area contributed by atoms with E-state index in [-0.39, 0.29) is 17.5 Å². The first kappa shape index (κ1) is 17.4. The van der Waals surface area contributed by atoms with Gasteiger partial charge in [0.2, 0.25) is 11.9 Å². The molecule has 0 radical (unpaired) electrons. The number of hydrogen-bond donors (Lipinski definition) is 1. The summed E-state index contributed by atoms with van der Waals surface area (Å²) in [5, 5.41) is 1.90. The van der Waals surface area contributed by atoms with E-state index in [1.165, 1.54) is 17.0 Å². The standard InChI is InChI=1S/C15H11ClF4N4O/c16-13-9(15(18,19)20)7-21-14(23-13)22-8-3-4-10(17)11(6-8)24-5-1-2-12(24)25/h3-4,6-7H,1-2,5H2,(H,21,22,23). The molecule has 1 N–H and O–H groups in total. The van der Waals surface area contributed by atoms with Crippen LogP contribution in [0.3, 0.4) is 0 Å². The predicted molar refractivity (Wildman–Crippen MR) is 83.3 cm³/mol. The lowest BCUT2D eigenvalue weighted by molar-refractivity contribution is -0.138. The highest BCUT2D eigenvalue weighted by atomic mass is 35.5. The zero-order valence-corrected chi connectivity index (χ0v) is 13.3. The summed E-state index contributed by atoms with van der Waals surface area (Å²) in [7, 11) is 0. The molecule has 0 aliphatic carbocycles. The number of halogens is 5. The highest BCUT2D eigenvalue weighted by Gasteiger charge is 2.34. The second-order valence-electron chi connectivity index (χ2n) is 5.34. The maximum Gasteiger partial charge on any atom is 0.420 e. The molecule has 1 aromatic heterocycles. The number of aromatic nitrogens is 2. The third-order valence-corrected chi connectivity index (χ3v) is 3.90. The van der Waals surface area contributed by atoms with Gasteiger partial charge in [-0.2, -0.15) is 13.2 Å². The van der Waals surface area contributed by atoms with Gasteiger partial charge in [0, 0.05) is 24.8 Å². The molecule has 3 rings (SSSR count). The fourth-order valence-corrected chi connectivity index (χ4v) is 2.68. The number of alkyl halides is 3. The zero-order chi connectivity index (χ0) is 18.2. The van der Waals surface area contributed by atoms with Gasteiger partial charge >= 0.3 is 6.18 Å². The van der Waals surface area contributed by atoms with Gasteiger partial charge in [0.1, 0.15) is 16.5 Å². The van der Waals surface area contributed by atoms with Gasteiger partial charge in [0.05, 0.1) is 5.69 Å². The molecule has 25 heavy (non-hydrogen) atoms. The number of carbonyl (C=O) groups is 1. The summed E-state index contributed by atoms with van der Waals surface area (Å²) in [6.07, 6.45) is -3.12. The number of nitrogens with zero attached hydrogens (tertiary/aromatic N) is 3. The van der Waals surface area contributed by atoms with Crippen LogP contribution >= 0.6 is 11.6 Å². The molecular formula is C15H11ClF4N4O. The Balaban J connectivity index is 1.86. The average molecular weight is 375 g/mol. The van der Waals surface area contributed by atoms with Gasteiger partial charge in [-0.25, -0.2) is 14.4 Å². The van der Waals surface area contributed by atoms with Crippen molar-refractivity contribution in [2.24, 2.45) is 0 Å². The number of rotatable bonds is 3. The molecule has 1 aliphatic rings. The van der Waals surface area contributed by atoms with E-state index in [0.29, 0.717) is 31.3 Å². The summed E-state index contributed by atoms with van der Waals surface area (Å²) in [5.74, 6) is -0.944. The first-order valence-electron chi connectivity index (χ1n) is 7.22. The van der Waals surface area contributed by atoms with E-state index in [9.17, 15) is 22.4 Å². The second-order valence-corrected chi connectivity index (χ2v) is 5.69. The SMILES string of the molecule is O=C1CCCN1c1cc(Nc2ncc(C(F)(F)F)c(Cl)n2)ccc1F. The molecule has 0 bridgehead atoms. The lowest BCUT2D eigenvalue weighted by atomic mass is 10.2. The Bertz CT molecular complexity index is 828. The Morgan fingerprint density at radius 2 is 2.04 bits per heavy atom. The molecule has 2 heterocycles. The fraction of sp³-hybridized carbons (Fsp3) is 0.267. The highest BCUT2D eigenvalue weighted by molar-refractivity contribution is 6.30. The molecular weight excluding hydrogens is 364 g/mol. The molecule has 1 fully saturated rings. The molecule has 1 aliphatic heterocycles. The van der Waals surface area contributed by atoms with Gasteiger partial charge in [0.25, 0.3) is 0 Å². The summed E-state index contributed by atoms with van der Waals surface area (Å²) >= 11 is 5.54. The van der Waals surface area contributed by atoms with E-state index in [4.69, 9.17) is 11.6 Å². The largest absolute Gasteiger partial charge is 0.420 e. The van der Waals surface area contributed by atoms with Crippen molar-refractivity contribution in [1.29, 1.82) is 0 Å². The van der Waals surface area contributed by atoms with Crippen LogP contribution in [0, 0.1) is 5.82 Å². The third kappa shape index (κ3) is 3.65. The monoisotopic (exact) mass is 374 g/mol. The summed E-state index contributed by atoms with van der Waals surface area (Å²) in [4.78, 5) is 20.2. The van der Waals surface area contributed by atoms with Crippen LogP contribution in [0.4, 0.5) is 34.9 Å². The Morgan fingerprint density at radius 3 is 2.64 bits per heavy atom. The van der Waals surface area contributed by atoms with Crippen molar-refractivity contribution in [3.63, 3.8) is 0 Å². The van der Waals surface area contributed by atoms with Crippen LogP contribution in [0.2, 0.25) is 5.15 Å². The number of carbonyl (C=O) groups excluding carboxylic acids is 1. The second kappa shape index (κ2) is 6.47. The van der Waals surface area contributed by atoms with E-state index in [1.807, 2.05) is 0 Å². The van der Waals surface area contributed by atoms with Gasteiger partial charge in [-0.15, -0.1) is 0 Å². The molecule has 0 atom stereocenters. The Kier molecular flexibility index (Phi) is 4.51. The van der Waals surface area contributed by atoms with Crippen LogP contribution < -0.4 is 10.2 Å². The minimum absolute atomic E-state index is 0.0884. The summed E-state index contributed by atoms with van der Waals surface area (Å²) in [6, 6.07) is 3.87. The van der Waals surface area contributed by atoms with Crippen LogP contribution in [0.25, 0.3) is 0 Å². The van der Waals surface area contributed by atoms with E-state index in [1.54, 1.807) is 0 Å². The number of amides is 1. The van der Waals surface area contributed by atoms with Gasteiger partial charge in [0.15, 0.2) is 0 Å². The molecule has 0 unspecified atom stereocenters. The minimum Gasteiger partial charge on any atom is -0.324 e. The van der Waals surface area contributed by atoms with Crippen molar-refractivity contribution in [2.75, 3.05) is 16.8 Å². The van der Waals surface area contributed by atoms with Gasteiger partial charge in [-0.1, -0.05) is 11.6 Å². The van der Waals surface area contributed by atoms with Crippen LogP contribution in [0.1, 0.15) is 18.4 Å². The molecule has 0 spiro atoms.